The monoisotopic (exact) mass is 510 g/mol. The summed E-state index contributed by atoms with van der Waals surface area (Å²) >= 11 is 0. The third-order valence-electron chi connectivity index (χ3n) is 10.8. The lowest BCUT2D eigenvalue weighted by Crippen LogP contribution is -2.53. The van der Waals surface area contributed by atoms with Gasteiger partial charge in [-0.05, 0) is 68.2 Å². The molecule has 8 atom stereocenters. The zero-order valence-electron chi connectivity index (χ0n) is 23.5. The number of fused-ring (bicyclic) bond motifs is 2. The molecule has 1 saturated carbocycles. The van der Waals surface area contributed by atoms with Crippen molar-refractivity contribution in [3.05, 3.63) is 142 Å². The molecule has 0 N–H and O–H groups in total. The summed E-state index contributed by atoms with van der Waals surface area (Å²) in [5, 5.41) is 0. The van der Waals surface area contributed by atoms with Gasteiger partial charge in [0.15, 0.2) is 0 Å². The second-order valence-corrected chi connectivity index (χ2v) is 13.0. The minimum atomic E-state index is 0.188. The third-order valence-corrected chi connectivity index (χ3v) is 10.8. The van der Waals surface area contributed by atoms with E-state index in [9.17, 15) is 0 Å². The van der Waals surface area contributed by atoms with Gasteiger partial charge >= 0.3 is 0 Å². The highest BCUT2D eigenvalue weighted by Gasteiger charge is 2.80. The van der Waals surface area contributed by atoms with E-state index in [-0.39, 0.29) is 5.41 Å². The van der Waals surface area contributed by atoms with E-state index in [1.54, 1.807) is 0 Å². The molecule has 4 fully saturated rings. The molecule has 196 valence electrons. The van der Waals surface area contributed by atoms with Gasteiger partial charge in [0.05, 0.1) is 6.67 Å². The molecule has 3 aliphatic heterocycles. The predicted octanol–water partition coefficient (Wildman–Crippen LogP) is 8.41. The smallest absolute Gasteiger partial charge is 0.0530 e. The van der Waals surface area contributed by atoms with Gasteiger partial charge in [0.25, 0.3) is 0 Å². The molecule has 3 bridgehead atoms. The van der Waals surface area contributed by atoms with Crippen molar-refractivity contribution in [1.29, 1.82) is 0 Å². The summed E-state index contributed by atoms with van der Waals surface area (Å²) in [5.41, 5.74) is 11.6. The van der Waals surface area contributed by atoms with Crippen LogP contribution < -0.4 is 0 Å². The molecule has 1 aliphatic carbocycles. The van der Waals surface area contributed by atoms with Crippen molar-refractivity contribution < 1.29 is 0 Å². The summed E-state index contributed by atoms with van der Waals surface area (Å²) < 4.78 is 0. The van der Waals surface area contributed by atoms with E-state index in [4.69, 9.17) is 0 Å². The Balaban J connectivity index is 1.36. The van der Waals surface area contributed by atoms with Crippen molar-refractivity contribution in [2.75, 3.05) is 6.67 Å². The summed E-state index contributed by atoms with van der Waals surface area (Å²) in [7, 11) is 0. The predicted molar refractivity (Wildman–Crippen MR) is 158 cm³/mol. The van der Waals surface area contributed by atoms with Crippen molar-refractivity contribution in [1.82, 2.24) is 9.80 Å². The molecule has 8 rings (SSSR count). The van der Waals surface area contributed by atoms with E-state index in [0.717, 1.165) is 6.67 Å². The van der Waals surface area contributed by atoms with Gasteiger partial charge in [0, 0.05) is 29.6 Å². The van der Waals surface area contributed by atoms with Gasteiger partial charge in [-0.2, -0.15) is 0 Å². The Bertz CT molecular complexity index is 1400. The molecule has 1 spiro atoms. The van der Waals surface area contributed by atoms with E-state index >= 15 is 0 Å². The van der Waals surface area contributed by atoms with Crippen LogP contribution in [0, 0.1) is 44.9 Å². The van der Waals surface area contributed by atoms with E-state index < -0.39 is 0 Å². The summed E-state index contributed by atoms with van der Waals surface area (Å²) in [6, 6.07) is 39.8. The summed E-state index contributed by atoms with van der Waals surface area (Å²) in [5.74, 6) is 1.28. The highest BCUT2D eigenvalue weighted by Crippen LogP contribution is 2.84. The van der Waals surface area contributed by atoms with E-state index in [0.29, 0.717) is 36.0 Å². The van der Waals surface area contributed by atoms with Gasteiger partial charge < -0.3 is 0 Å². The van der Waals surface area contributed by atoms with Crippen molar-refractivity contribution in [2.45, 2.75) is 58.3 Å². The molecule has 39 heavy (non-hydrogen) atoms. The Morgan fingerprint density at radius 3 is 1.10 bits per heavy atom. The molecule has 4 aromatic rings. The van der Waals surface area contributed by atoms with E-state index in [1.807, 2.05) is 0 Å². The first-order valence-corrected chi connectivity index (χ1v) is 14.7. The summed E-state index contributed by atoms with van der Waals surface area (Å²) in [6.45, 7) is 9.84. The SMILES string of the molecule is Cc1ccc([C@@H]2C3CC4[C@@H](c5ccc(C)cc5)N5CN2[C@@H](c2ccc(C)cc2)C34[C@@H]5c2ccc(C)cc2)cc1. The lowest BCUT2D eigenvalue weighted by atomic mass is 9.46. The van der Waals surface area contributed by atoms with Crippen LogP contribution >= 0.6 is 0 Å². The van der Waals surface area contributed by atoms with Crippen LogP contribution in [0.15, 0.2) is 97.1 Å². The van der Waals surface area contributed by atoms with Gasteiger partial charge in [-0.25, -0.2) is 0 Å². The topological polar surface area (TPSA) is 6.48 Å². The van der Waals surface area contributed by atoms with Crippen LogP contribution in [0.5, 0.6) is 0 Å². The minimum Gasteiger partial charge on any atom is -0.275 e. The molecule has 4 unspecified atom stereocenters. The first-order valence-electron chi connectivity index (χ1n) is 14.7. The molecule has 4 aromatic carbocycles. The van der Waals surface area contributed by atoms with Crippen LogP contribution in [0.4, 0.5) is 0 Å². The van der Waals surface area contributed by atoms with Gasteiger partial charge in [0.1, 0.15) is 0 Å². The lowest BCUT2D eigenvalue weighted by Gasteiger charge is -2.56. The molecule has 3 saturated heterocycles. The fourth-order valence-electron chi connectivity index (χ4n) is 9.28. The number of hydrogen-bond acceptors (Lipinski definition) is 2. The number of nitrogens with zero attached hydrogens (tertiary/aromatic N) is 2. The van der Waals surface area contributed by atoms with Crippen molar-refractivity contribution >= 4 is 0 Å². The third kappa shape index (κ3) is 3.16. The number of rotatable bonds is 4. The maximum atomic E-state index is 2.90. The zero-order chi connectivity index (χ0) is 26.5. The first kappa shape index (κ1) is 23.7. The lowest BCUT2D eigenvalue weighted by molar-refractivity contribution is -0.0655. The van der Waals surface area contributed by atoms with Crippen LogP contribution in [0.3, 0.4) is 0 Å². The fraction of sp³-hybridized carbons (Fsp3) is 0.351. The number of benzene rings is 4. The second kappa shape index (κ2) is 8.40. The molecular formula is C37H38N2. The Morgan fingerprint density at radius 1 is 0.462 bits per heavy atom. The average molecular weight is 511 g/mol. The summed E-state index contributed by atoms with van der Waals surface area (Å²) in [6.07, 6.45) is 1.30. The van der Waals surface area contributed by atoms with Crippen LogP contribution in [0.2, 0.25) is 0 Å². The summed E-state index contributed by atoms with van der Waals surface area (Å²) in [4.78, 5) is 5.80. The zero-order valence-corrected chi connectivity index (χ0v) is 23.5. The van der Waals surface area contributed by atoms with Crippen molar-refractivity contribution in [2.24, 2.45) is 17.3 Å². The normalized spacial score (nSPS) is 35.6. The average Bonchev–Trinajstić information content (AvgIpc) is 3.18. The highest BCUT2D eigenvalue weighted by atomic mass is 15.5. The first-order chi connectivity index (χ1) is 19.0. The maximum absolute atomic E-state index is 2.90. The molecule has 2 nitrogen and oxygen atoms in total. The maximum Gasteiger partial charge on any atom is 0.0530 e. The van der Waals surface area contributed by atoms with Gasteiger partial charge in [0.2, 0.25) is 0 Å². The van der Waals surface area contributed by atoms with E-state index in [1.165, 1.54) is 50.9 Å². The largest absolute Gasteiger partial charge is 0.275 e. The quantitative estimate of drug-likeness (QED) is 0.272. The van der Waals surface area contributed by atoms with Gasteiger partial charge in [-0.15, -0.1) is 0 Å². The molecule has 0 radical (unpaired) electrons. The van der Waals surface area contributed by atoms with Crippen LogP contribution in [0.25, 0.3) is 0 Å². The molecule has 2 heteroatoms. The minimum absolute atomic E-state index is 0.188. The highest BCUT2D eigenvalue weighted by molar-refractivity contribution is 5.46. The van der Waals surface area contributed by atoms with Crippen LogP contribution in [-0.4, -0.2) is 16.5 Å². The fourth-order valence-corrected chi connectivity index (χ4v) is 9.28. The molecular weight excluding hydrogens is 472 g/mol. The number of hydrogen-bond donors (Lipinski definition) is 0. The number of aryl methyl sites for hydroxylation is 4. The Morgan fingerprint density at radius 2 is 0.769 bits per heavy atom. The molecule has 3 heterocycles. The van der Waals surface area contributed by atoms with Gasteiger partial charge in [-0.1, -0.05) is 119 Å². The van der Waals surface area contributed by atoms with Crippen molar-refractivity contribution in [3.63, 3.8) is 0 Å². The van der Waals surface area contributed by atoms with Crippen molar-refractivity contribution in [3.8, 4) is 0 Å². The Kier molecular flexibility index (Phi) is 5.10. The van der Waals surface area contributed by atoms with Gasteiger partial charge in [-0.3, -0.25) is 9.80 Å². The van der Waals surface area contributed by atoms with E-state index in [2.05, 4.69) is 135 Å². The second-order valence-electron chi connectivity index (χ2n) is 13.0. The molecule has 4 aliphatic rings. The molecule has 0 amide bonds. The van der Waals surface area contributed by atoms with Crippen LogP contribution in [-0.2, 0) is 0 Å². The Hall–Kier alpha value is -3.20. The Labute approximate surface area is 233 Å². The molecule has 0 aromatic heterocycles. The van der Waals surface area contributed by atoms with Crippen LogP contribution in [0.1, 0.15) is 75.1 Å². The standard InChI is InChI=1S/C37H38N2/c1-23-5-13-27(14-6-23)33-31-21-32-34(28-15-7-24(2)8-16-28)39-22-38(33)35(29-17-9-25(3)10-18-29)37(31,32)36(39)30-19-11-26(4)12-20-30/h5-20,31-36H,21-22H2,1-4H3/t31?,32?,33-,34-,35+,36+,37?/m1/s1.